The van der Waals surface area contributed by atoms with Crippen LogP contribution in [0.4, 0.5) is 11.4 Å². The van der Waals surface area contributed by atoms with Gasteiger partial charge in [-0.05, 0) is 55.8 Å². The number of aryl methyl sites for hydroxylation is 1. The first-order valence-corrected chi connectivity index (χ1v) is 13.6. The molecule has 8 heteroatoms. The topological polar surface area (TPSA) is 95.6 Å². The van der Waals surface area contributed by atoms with Gasteiger partial charge in [0.15, 0.2) is 0 Å². The summed E-state index contributed by atoms with van der Waals surface area (Å²) in [6.07, 6.45) is 0. The van der Waals surface area contributed by atoms with Gasteiger partial charge in [0, 0.05) is 0 Å². The molecule has 1 unspecified atom stereocenters. The zero-order valence-corrected chi connectivity index (χ0v) is 22.0. The second-order valence-corrected chi connectivity index (χ2v) is 10.7. The Bertz CT molecular complexity index is 1510. The summed E-state index contributed by atoms with van der Waals surface area (Å²) in [5.41, 5.74) is 2.78. The van der Waals surface area contributed by atoms with Gasteiger partial charge in [-0.1, -0.05) is 78.4 Å². The van der Waals surface area contributed by atoms with Crippen LogP contribution < -0.4 is 14.9 Å². The maximum atomic E-state index is 13.5. The first-order chi connectivity index (χ1) is 18.3. The first kappa shape index (κ1) is 26.6. The fourth-order valence-corrected chi connectivity index (χ4v) is 5.38. The van der Waals surface area contributed by atoms with E-state index in [4.69, 9.17) is 0 Å². The average Bonchev–Trinajstić information content (AvgIpc) is 2.93. The van der Waals surface area contributed by atoms with E-state index in [1.165, 1.54) is 12.1 Å². The van der Waals surface area contributed by atoms with Crippen molar-refractivity contribution < 1.29 is 18.0 Å². The smallest absolute Gasteiger partial charge is 0.264 e. The number of para-hydroxylation sites is 2. The second-order valence-electron chi connectivity index (χ2n) is 8.86. The van der Waals surface area contributed by atoms with Gasteiger partial charge in [0.1, 0.15) is 6.54 Å². The van der Waals surface area contributed by atoms with Crippen molar-refractivity contribution in [1.29, 1.82) is 0 Å². The van der Waals surface area contributed by atoms with Crippen LogP contribution in [0.5, 0.6) is 0 Å². The van der Waals surface area contributed by atoms with Gasteiger partial charge in [-0.25, -0.2) is 8.42 Å². The second kappa shape index (κ2) is 11.7. The Hall–Kier alpha value is -4.43. The van der Waals surface area contributed by atoms with E-state index in [9.17, 15) is 18.0 Å². The lowest BCUT2D eigenvalue weighted by atomic mass is 10.1. The number of nitrogens with zero attached hydrogens (tertiary/aromatic N) is 1. The highest BCUT2D eigenvalue weighted by atomic mass is 32.2. The predicted octanol–water partition coefficient (Wildman–Crippen LogP) is 5.32. The normalized spacial score (nSPS) is 11.8. The van der Waals surface area contributed by atoms with Gasteiger partial charge in [0.25, 0.3) is 15.9 Å². The Labute approximate surface area is 223 Å². The van der Waals surface area contributed by atoms with Gasteiger partial charge in [0.2, 0.25) is 5.91 Å². The Balaban J connectivity index is 1.56. The molecule has 4 rings (SSSR count). The van der Waals surface area contributed by atoms with E-state index in [1.807, 2.05) is 44.2 Å². The number of anilines is 2. The Morgan fingerprint density at radius 2 is 1.37 bits per heavy atom. The maximum absolute atomic E-state index is 13.5. The van der Waals surface area contributed by atoms with Crippen molar-refractivity contribution in [1.82, 2.24) is 5.32 Å². The highest BCUT2D eigenvalue weighted by Crippen LogP contribution is 2.24. The van der Waals surface area contributed by atoms with Gasteiger partial charge in [-0.15, -0.1) is 0 Å². The number of amides is 2. The zero-order chi connectivity index (χ0) is 27.1. The fraction of sp³-hybridized carbons (Fsp3) is 0.133. The summed E-state index contributed by atoms with van der Waals surface area (Å²) < 4.78 is 28.2. The Morgan fingerprint density at radius 1 is 0.789 bits per heavy atom. The van der Waals surface area contributed by atoms with Crippen molar-refractivity contribution >= 4 is 33.2 Å². The molecule has 0 aliphatic carbocycles. The van der Waals surface area contributed by atoms with Crippen LogP contribution in [-0.4, -0.2) is 26.8 Å². The van der Waals surface area contributed by atoms with Crippen LogP contribution in [0.3, 0.4) is 0 Å². The van der Waals surface area contributed by atoms with Crippen LogP contribution in [-0.2, 0) is 14.8 Å². The molecule has 0 saturated carbocycles. The molecule has 2 amide bonds. The number of sulfonamides is 1. The summed E-state index contributed by atoms with van der Waals surface area (Å²) in [4.78, 5) is 26.4. The summed E-state index contributed by atoms with van der Waals surface area (Å²) in [5.74, 6) is -0.939. The molecule has 1 atom stereocenters. The molecule has 0 heterocycles. The van der Waals surface area contributed by atoms with Crippen LogP contribution in [0.25, 0.3) is 0 Å². The summed E-state index contributed by atoms with van der Waals surface area (Å²) in [5, 5.41) is 5.68. The lowest BCUT2D eigenvalue weighted by molar-refractivity contribution is -0.114. The predicted molar refractivity (Wildman–Crippen MR) is 150 cm³/mol. The van der Waals surface area contributed by atoms with Crippen molar-refractivity contribution in [3.05, 3.63) is 126 Å². The number of benzene rings is 4. The zero-order valence-electron chi connectivity index (χ0n) is 21.2. The number of hydrogen-bond acceptors (Lipinski definition) is 4. The number of nitrogens with one attached hydrogen (secondary N) is 2. The molecule has 7 nitrogen and oxygen atoms in total. The molecule has 0 aliphatic heterocycles. The van der Waals surface area contributed by atoms with E-state index in [-0.39, 0.29) is 28.1 Å². The lowest BCUT2D eigenvalue weighted by Gasteiger charge is -2.24. The lowest BCUT2D eigenvalue weighted by Crippen LogP contribution is -2.38. The molecule has 38 heavy (non-hydrogen) atoms. The fourth-order valence-electron chi connectivity index (χ4n) is 3.96. The summed E-state index contributed by atoms with van der Waals surface area (Å²) in [7, 11) is -4.04. The molecule has 0 bridgehead atoms. The molecule has 0 spiro atoms. The van der Waals surface area contributed by atoms with Crippen LogP contribution in [0.15, 0.2) is 114 Å². The Morgan fingerprint density at radius 3 is 2.03 bits per heavy atom. The van der Waals surface area contributed by atoms with Crippen LogP contribution >= 0.6 is 0 Å². The highest BCUT2D eigenvalue weighted by molar-refractivity contribution is 7.92. The van der Waals surface area contributed by atoms with Crippen molar-refractivity contribution in [2.24, 2.45) is 0 Å². The quantitative estimate of drug-likeness (QED) is 0.308. The Kier molecular flexibility index (Phi) is 8.23. The van der Waals surface area contributed by atoms with Gasteiger partial charge in [-0.2, -0.15) is 0 Å². The SMILES string of the molecule is Cc1ccc(S(=O)(=O)N(CC(=O)Nc2ccccc2C(=O)NC(C)c2ccccc2)c2ccccc2)cc1. The molecule has 0 radical (unpaired) electrons. The maximum Gasteiger partial charge on any atom is 0.264 e. The molecular formula is C30H29N3O4S. The van der Waals surface area contributed by atoms with Gasteiger partial charge < -0.3 is 10.6 Å². The van der Waals surface area contributed by atoms with Crippen LogP contribution in [0.1, 0.15) is 34.5 Å². The van der Waals surface area contributed by atoms with E-state index in [2.05, 4.69) is 10.6 Å². The monoisotopic (exact) mass is 527 g/mol. The van der Waals surface area contributed by atoms with Crippen molar-refractivity contribution in [2.75, 3.05) is 16.2 Å². The highest BCUT2D eigenvalue weighted by Gasteiger charge is 2.27. The molecule has 2 N–H and O–H groups in total. The van der Waals surface area contributed by atoms with E-state index >= 15 is 0 Å². The van der Waals surface area contributed by atoms with Crippen molar-refractivity contribution in [3.8, 4) is 0 Å². The summed E-state index contributed by atoms with van der Waals surface area (Å²) in [6, 6.07) is 30.8. The van der Waals surface area contributed by atoms with Gasteiger partial charge >= 0.3 is 0 Å². The molecule has 194 valence electrons. The minimum absolute atomic E-state index is 0.0782. The third kappa shape index (κ3) is 6.27. The minimum atomic E-state index is -4.04. The van der Waals surface area contributed by atoms with Gasteiger partial charge in [-0.3, -0.25) is 13.9 Å². The molecule has 0 aromatic heterocycles. The van der Waals surface area contributed by atoms with Gasteiger partial charge in [0.05, 0.1) is 27.9 Å². The van der Waals surface area contributed by atoms with Crippen molar-refractivity contribution in [3.63, 3.8) is 0 Å². The molecule has 0 aliphatic rings. The standard InChI is InChI=1S/C30H29N3O4S/c1-22-17-19-26(20-18-22)38(36,37)33(25-13-7-4-8-14-25)21-29(34)32-28-16-10-9-15-27(28)30(35)31-23(2)24-11-5-3-6-12-24/h3-20,23H,21H2,1-2H3,(H,31,35)(H,32,34). The van der Waals surface area contributed by atoms with E-state index < -0.39 is 22.5 Å². The molecule has 4 aromatic carbocycles. The van der Waals surface area contributed by atoms with E-state index in [0.717, 1.165) is 15.4 Å². The largest absolute Gasteiger partial charge is 0.345 e. The minimum Gasteiger partial charge on any atom is -0.345 e. The molecule has 4 aromatic rings. The van der Waals surface area contributed by atoms with Crippen LogP contribution in [0, 0.1) is 6.92 Å². The number of hydrogen-bond donors (Lipinski definition) is 2. The molecular weight excluding hydrogens is 498 g/mol. The van der Waals surface area contributed by atoms with E-state index in [1.54, 1.807) is 66.7 Å². The molecule has 0 saturated heterocycles. The summed E-state index contributed by atoms with van der Waals surface area (Å²) in [6.45, 7) is 3.27. The van der Waals surface area contributed by atoms with Crippen LogP contribution in [0.2, 0.25) is 0 Å². The molecule has 0 fully saturated rings. The third-order valence-corrected chi connectivity index (χ3v) is 7.82. The van der Waals surface area contributed by atoms with Crippen molar-refractivity contribution in [2.45, 2.75) is 24.8 Å². The third-order valence-electron chi connectivity index (χ3n) is 6.03. The number of rotatable bonds is 9. The first-order valence-electron chi connectivity index (χ1n) is 12.1. The number of carbonyl (C=O) groups excluding carboxylic acids is 2. The summed E-state index contributed by atoms with van der Waals surface area (Å²) >= 11 is 0. The number of carbonyl (C=O) groups is 2. The van der Waals surface area contributed by atoms with E-state index in [0.29, 0.717) is 5.69 Å². The average molecular weight is 528 g/mol.